The number of hydrogen-bond acceptors (Lipinski definition) is 3. The molecule has 0 fully saturated rings. The van der Waals surface area contributed by atoms with Gasteiger partial charge >= 0.3 is 6.03 Å². The molecular weight excluding hydrogens is 292 g/mol. The summed E-state index contributed by atoms with van der Waals surface area (Å²) < 4.78 is 33.0. The molecule has 0 radical (unpaired) electrons. The Kier molecular flexibility index (Phi) is 6.11. The summed E-state index contributed by atoms with van der Waals surface area (Å²) in [6.07, 6.45) is 0. The molecule has 0 aliphatic rings. The number of hydrogen-bond donors (Lipinski definition) is 2. The average molecular weight is 315 g/mol. The van der Waals surface area contributed by atoms with Crippen LogP contribution in [-0.4, -0.2) is 43.7 Å². The van der Waals surface area contributed by atoms with E-state index in [1.54, 1.807) is 20.8 Å². The topological polar surface area (TPSA) is 53.6 Å². The van der Waals surface area contributed by atoms with Crippen molar-refractivity contribution < 1.29 is 18.3 Å². The zero-order valence-corrected chi connectivity index (χ0v) is 13.6. The molecule has 2 amide bonds. The monoisotopic (exact) mass is 315 g/mol. The Bertz CT molecular complexity index is 505. The highest BCUT2D eigenvalue weighted by molar-refractivity contribution is 5.89. The van der Waals surface area contributed by atoms with E-state index >= 15 is 0 Å². The number of benzene rings is 1. The number of likely N-dealkylation sites (N-methyl/N-ethyl adjacent to an activating group) is 1. The highest BCUT2D eigenvalue weighted by Gasteiger charge is 2.20. The molecule has 1 rings (SSSR count). The third-order valence-electron chi connectivity index (χ3n) is 2.51. The SMILES string of the molecule is CN(C)CCNC(=O)Nc1cc(F)c(OC(C)(C)C)c(F)c1. The van der Waals surface area contributed by atoms with Crippen molar-refractivity contribution in [3.63, 3.8) is 0 Å². The van der Waals surface area contributed by atoms with Gasteiger partial charge in [0.05, 0.1) is 0 Å². The van der Waals surface area contributed by atoms with Crippen LogP contribution in [0.1, 0.15) is 20.8 Å². The van der Waals surface area contributed by atoms with Gasteiger partial charge in [0.2, 0.25) is 0 Å². The Balaban J connectivity index is 2.72. The molecule has 0 aliphatic carbocycles. The Labute approximate surface area is 129 Å². The van der Waals surface area contributed by atoms with Gasteiger partial charge in [-0.05, 0) is 34.9 Å². The van der Waals surface area contributed by atoms with Crippen LogP contribution in [0.25, 0.3) is 0 Å². The summed E-state index contributed by atoms with van der Waals surface area (Å²) in [5, 5.41) is 4.97. The van der Waals surface area contributed by atoms with Gasteiger partial charge in [0.25, 0.3) is 0 Å². The summed E-state index contributed by atoms with van der Waals surface area (Å²) >= 11 is 0. The molecule has 0 saturated carbocycles. The number of ether oxygens (including phenoxy) is 1. The third kappa shape index (κ3) is 6.26. The van der Waals surface area contributed by atoms with E-state index in [1.807, 2.05) is 19.0 Å². The van der Waals surface area contributed by atoms with Crippen LogP contribution in [-0.2, 0) is 0 Å². The van der Waals surface area contributed by atoms with E-state index < -0.39 is 29.0 Å². The Morgan fingerprint density at radius 1 is 1.23 bits per heavy atom. The Hall–Kier alpha value is -1.89. The summed E-state index contributed by atoms with van der Waals surface area (Å²) in [6.45, 7) is 6.16. The Morgan fingerprint density at radius 3 is 2.23 bits per heavy atom. The Morgan fingerprint density at radius 2 is 1.77 bits per heavy atom. The van der Waals surface area contributed by atoms with Crippen LogP contribution >= 0.6 is 0 Å². The molecule has 0 aliphatic heterocycles. The van der Waals surface area contributed by atoms with E-state index in [0.717, 1.165) is 12.1 Å². The molecule has 0 atom stereocenters. The minimum absolute atomic E-state index is 0.0265. The molecule has 0 saturated heterocycles. The number of rotatable bonds is 5. The number of nitrogens with zero attached hydrogens (tertiary/aromatic N) is 1. The molecular formula is C15H23F2N3O2. The summed E-state index contributed by atoms with van der Waals surface area (Å²) in [5.74, 6) is -2.18. The molecule has 1 aromatic rings. The number of nitrogens with one attached hydrogen (secondary N) is 2. The maximum absolute atomic E-state index is 13.9. The molecule has 5 nitrogen and oxygen atoms in total. The van der Waals surface area contributed by atoms with E-state index in [0.29, 0.717) is 13.1 Å². The fraction of sp³-hybridized carbons (Fsp3) is 0.533. The summed E-state index contributed by atoms with van der Waals surface area (Å²) in [4.78, 5) is 13.5. The molecule has 1 aromatic carbocycles. The van der Waals surface area contributed by atoms with Gasteiger partial charge < -0.3 is 20.3 Å². The number of carbonyl (C=O) groups excluding carboxylic acids is 1. The van der Waals surface area contributed by atoms with Crippen molar-refractivity contribution in [2.75, 3.05) is 32.5 Å². The van der Waals surface area contributed by atoms with Crippen molar-refractivity contribution in [2.24, 2.45) is 0 Å². The lowest BCUT2D eigenvalue weighted by Gasteiger charge is -2.22. The van der Waals surface area contributed by atoms with Gasteiger partial charge in [0, 0.05) is 30.9 Å². The lowest BCUT2D eigenvalue weighted by atomic mass is 10.2. The maximum atomic E-state index is 13.9. The smallest absolute Gasteiger partial charge is 0.319 e. The molecule has 0 spiro atoms. The van der Waals surface area contributed by atoms with Crippen molar-refractivity contribution in [1.29, 1.82) is 0 Å². The van der Waals surface area contributed by atoms with Gasteiger partial charge in [-0.1, -0.05) is 0 Å². The molecule has 0 heterocycles. The molecule has 7 heteroatoms. The zero-order valence-electron chi connectivity index (χ0n) is 13.6. The highest BCUT2D eigenvalue weighted by atomic mass is 19.1. The molecule has 2 N–H and O–H groups in total. The van der Waals surface area contributed by atoms with Crippen molar-refractivity contribution >= 4 is 11.7 Å². The molecule has 0 bridgehead atoms. The van der Waals surface area contributed by atoms with Crippen LogP contribution < -0.4 is 15.4 Å². The molecule has 0 unspecified atom stereocenters. The van der Waals surface area contributed by atoms with E-state index in [4.69, 9.17) is 4.74 Å². The number of carbonyl (C=O) groups is 1. The van der Waals surface area contributed by atoms with Gasteiger partial charge in [-0.15, -0.1) is 0 Å². The largest absolute Gasteiger partial charge is 0.482 e. The second-order valence-electron chi connectivity index (χ2n) is 6.17. The molecule has 22 heavy (non-hydrogen) atoms. The minimum atomic E-state index is -0.862. The third-order valence-corrected chi connectivity index (χ3v) is 2.51. The predicted octanol–water partition coefficient (Wildman–Crippen LogP) is 2.83. The van der Waals surface area contributed by atoms with Gasteiger partial charge in [0.15, 0.2) is 17.4 Å². The maximum Gasteiger partial charge on any atom is 0.319 e. The summed E-state index contributed by atoms with van der Waals surface area (Å²) in [7, 11) is 3.75. The quantitative estimate of drug-likeness (QED) is 0.878. The van der Waals surface area contributed by atoms with Crippen LogP contribution in [0.15, 0.2) is 12.1 Å². The first-order chi connectivity index (χ1) is 10.1. The van der Waals surface area contributed by atoms with Crippen molar-refractivity contribution in [3.8, 4) is 5.75 Å². The lowest BCUT2D eigenvalue weighted by Crippen LogP contribution is -2.34. The van der Waals surface area contributed by atoms with Gasteiger partial charge in [-0.3, -0.25) is 0 Å². The highest BCUT2D eigenvalue weighted by Crippen LogP contribution is 2.28. The molecule has 0 aromatic heterocycles. The van der Waals surface area contributed by atoms with E-state index in [9.17, 15) is 13.6 Å². The minimum Gasteiger partial charge on any atom is -0.482 e. The van der Waals surface area contributed by atoms with Crippen LogP contribution in [0.2, 0.25) is 0 Å². The van der Waals surface area contributed by atoms with Crippen LogP contribution in [0, 0.1) is 11.6 Å². The predicted molar refractivity (Wildman–Crippen MR) is 82.3 cm³/mol. The average Bonchev–Trinajstić information content (AvgIpc) is 2.32. The lowest BCUT2D eigenvalue weighted by molar-refractivity contribution is 0.117. The van der Waals surface area contributed by atoms with Crippen LogP contribution in [0.3, 0.4) is 0 Å². The number of halogens is 2. The van der Waals surface area contributed by atoms with Crippen molar-refractivity contribution in [3.05, 3.63) is 23.8 Å². The van der Waals surface area contributed by atoms with Gasteiger partial charge in [0.1, 0.15) is 5.60 Å². The zero-order chi connectivity index (χ0) is 16.9. The van der Waals surface area contributed by atoms with E-state index in [-0.39, 0.29) is 5.69 Å². The normalized spacial score (nSPS) is 11.5. The second kappa shape index (κ2) is 7.40. The van der Waals surface area contributed by atoms with Crippen molar-refractivity contribution in [1.82, 2.24) is 10.2 Å². The second-order valence-corrected chi connectivity index (χ2v) is 6.17. The van der Waals surface area contributed by atoms with E-state index in [1.165, 1.54) is 0 Å². The van der Waals surface area contributed by atoms with Crippen LogP contribution in [0.5, 0.6) is 5.75 Å². The first-order valence-electron chi connectivity index (χ1n) is 6.96. The number of urea groups is 1. The van der Waals surface area contributed by atoms with Gasteiger partial charge in [-0.25, -0.2) is 13.6 Å². The van der Waals surface area contributed by atoms with Crippen molar-refractivity contribution in [2.45, 2.75) is 26.4 Å². The molecule has 124 valence electrons. The first kappa shape index (κ1) is 18.2. The van der Waals surface area contributed by atoms with Crippen LogP contribution in [0.4, 0.5) is 19.3 Å². The standard InChI is InChI=1S/C15H23F2N3O2/c1-15(2,3)22-13-11(16)8-10(9-12(13)17)19-14(21)18-6-7-20(4)5/h8-9H,6-7H2,1-5H3,(H2,18,19,21). The summed E-state index contributed by atoms with van der Waals surface area (Å²) in [6, 6.07) is 1.52. The first-order valence-corrected chi connectivity index (χ1v) is 6.96. The number of amides is 2. The van der Waals surface area contributed by atoms with E-state index in [2.05, 4.69) is 10.6 Å². The fourth-order valence-corrected chi connectivity index (χ4v) is 1.60. The van der Waals surface area contributed by atoms with Gasteiger partial charge in [-0.2, -0.15) is 0 Å². The number of anilines is 1. The fourth-order valence-electron chi connectivity index (χ4n) is 1.60. The summed E-state index contributed by atoms with van der Waals surface area (Å²) in [5.41, 5.74) is -0.696.